The van der Waals surface area contributed by atoms with Crippen molar-refractivity contribution in [2.75, 3.05) is 33.4 Å². The van der Waals surface area contributed by atoms with Crippen molar-refractivity contribution in [1.29, 1.82) is 0 Å². The van der Waals surface area contributed by atoms with Crippen LogP contribution in [-0.2, 0) is 20.9 Å². The second kappa shape index (κ2) is 9.36. The summed E-state index contributed by atoms with van der Waals surface area (Å²) in [6.45, 7) is 6.01. The van der Waals surface area contributed by atoms with E-state index in [9.17, 15) is 14.4 Å². The fraction of sp³-hybridized carbons (Fsp3) is 0.609. The molecular weight excluding hydrogens is 398 g/mol. The van der Waals surface area contributed by atoms with Crippen LogP contribution in [0, 0.1) is 5.92 Å². The summed E-state index contributed by atoms with van der Waals surface area (Å²) in [4.78, 5) is 40.3. The van der Waals surface area contributed by atoms with E-state index in [0.717, 1.165) is 43.8 Å². The number of rotatable bonds is 9. The molecule has 3 aliphatic rings. The average Bonchev–Trinajstić information content (AvgIpc) is 3.04. The summed E-state index contributed by atoms with van der Waals surface area (Å²) in [5.74, 6) is 0.600. The molecule has 1 atom stereocenters. The zero-order chi connectivity index (χ0) is 22.0. The van der Waals surface area contributed by atoms with E-state index in [1.54, 1.807) is 18.1 Å². The van der Waals surface area contributed by atoms with E-state index in [0.29, 0.717) is 37.2 Å². The molecule has 2 heterocycles. The number of methoxy groups -OCH3 is 1. The maximum Gasteiger partial charge on any atom is 0.255 e. The lowest BCUT2D eigenvalue weighted by Gasteiger charge is -2.37. The van der Waals surface area contributed by atoms with Gasteiger partial charge in [-0.3, -0.25) is 24.6 Å². The van der Waals surface area contributed by atoms with E-state index in [1.807, 2.05) is 12.1 Å². The number of fused-ring (bicyclic) bond motifs is 1. The lowest BCUT2D eigenvalue weighted by molar-refractivity contribution is -0.136. The predicted molar refractivity (Wildman–Crippen MR) is 114 cm³/mol. The number of nitrogens with one attached hydrogen (secondary N) is 1. The minimum atomic E-state index is -0.593. The number of ether oxygens (including phenoxy) is 2. The largest absolute Gasteiger partial charge is 0.492 e. The Morgan fingerprint density at radius 1 is 1.23 bits per heavy atom. The number of amides is 3. The molecule has 1 aromatic carbocycles. The number of carbonyl (C=O) groups excluding carboxylic acids is 3. The van der Waals surface area contributed by atoms with Crippen LogP contribution < -0.4 is 10.1 Å². The van der Waals surface area contributed by atoms with Crippen LogP contribution in [0.15, 0.2) is 18.2 Å². The van der Waals surface area contributed by atoms with Gasteiger partial charge in [0.15, 0.2) is 0 Å². The number of hydrogen-bond donors (Lipinski definition) is 1. The smallest absolute Gasteiger partial charge is 0.255 e. The number of carbonyl (C=O) groups is 3. The third kappa shape index (κ3) is 4.75. The maximum atomic E-state index is 12.8. The van der Waals surface area contributed by atoms with Crippen molar-refractivity contribution in [2.45, 2.75) is 51.3 Å². The highest BCUT2D eigenvalue weighted by Crippen LogP contribution is 2.31. The van der Waals surface area contributed by atoms with Gasteiger partial charge in [0.2, 0.25) is 11.8 Å². The molecule has 1 aromatic rings. The zero-order valence-corrected chi connectivity index (χ0v) is 18.3. The lowest BCUT2D eigenvalue weighted by atomic mass is 9.82. The monoisotopic (exact) mass is 429 g/mol. The van der Waals surface area contributed by atoms with Crippen molar-refractivity contribution < 1.29 is 23.9 Å². The summed E-state index contributed by atoms with van der Waals surface area (Å²) in [6, 6.07) is 4.89. The molecule has 1 aliphatic carbocycles. The first-order chi connectivity index (χ1) is 15.0. The first kappa shape index (κ1) is 21.8. The van der Waals surface area contributed by atoms with Gasteiger partial charge in [0, 0.05) is 38.7 Å². The van der Waals surface area contributed by atoms with Gasteiger partial charge in [-0.05, 0) is 55.5 Å². The summed E-state index contributed by atoms with van der Waals surface area (Å²) in [7, 11) is 1.78. The Bertz CT molecular complexity index is 852. The molecule has 1 unspecified atom stereocenters. The van der Waals surface area contributed by atoms with E-state index in [2.05, 4.69) is 17.1 Å². The van der Waals surface area contributed by atoms with Crippen LogP contribution in [0.1, 0.15) is 48.5 Å². The van der Waals surface area contributed by atoms with E-state index in [1.165, 1.54) is 0 Å². The molecule has 4 rings (SSSR count). The Morgan fingerprint density at radius 2 is 2.03 bits per heavy atom. The number of imide groups is 1. The molecule has 31 heavy (non-hydrogen) atoms. The van der Waals surface area contributed by atoms with Crippen LogP contribution in [0.4, 0.5) is 0 Å². The quantitative estimate of drug-likeness (QED) is 0.600. The molecule has 0 bridgehead atoms. The molecule has 1 N–H and O–H groups in total. The molecular formula is C23H31N3O5. The fourth-order valence-corrected chi connectivity index (χ4v) is 4.69. The van der Waals surface area contributed by atoms with Crippen molar-refractivity contribution in [2.24, 2.45) is 5.92 Å². The molecule has 2 fully saturated rings. The number of nitrogens with zero attached hydrogens (tertiary/aromatic N) is 2. The Balaban J connectivity index is 1.29. The van der Waals surface area contributed by atoms with Gasteiger partial charge in [0.25, 0.3) is 5.91 Å². The Labute approximate surface area is 182 Å². The summed E-state index contributed by atoms with van der Waals surface area (Å²) in [5, 5.41) is 2.33. The second-order valence-electron chi connectivity index (χ2n) is 8.66. The summed E-state index contributed by atoms with van der Waals surface area (Å²) < 4.78 is 11.3. The molecule has 1 saturated heterocycles. The van der Waals surface area contributed by atoms with Crippen LogP contribution in [0.5, 0.6) is 5.75 Å². The summed E-state index contributed by atoms with van der Waals surface area (Å²) in [5.41, 5.74) is 1.46. The zero-order valence-electron chi connectivity index (χ0n) is 18.3. The normalized spacial score (nSPS) is 25.5. The highest BCUT2D eigenvalue weighted by atomic mass is 16.5. The van der Waals surface area contributed by atoms with Gasteiger partial charge in [0.05, 0.1) is 6.10 Å². The van der Waals surface area contributed by atoms with Crippen molar-refractivity contribution in [3.8, 4) is 5.75 Å². The van der Waals surface area contributed by atoms with E-state index < -0.39 is 11.9 Å². The fourth-order valence-electron chi connectivity index (χ4n) is 4.69. The minimum Gasteiger partial charge on any atom is -0.492 e. The van der Waals surface area contributed by atoms with Gasteiger partial charge in [-0.25, -0.2) is 0 Å². The molecule has 2 aliphatic heterocycles. The van der Waals surface area contributed by atoms with Crippen molar-refractivity contribution in [3.63, 3.8) is 0 Å². The third-order valence-electron chi connectivity index (χ3n) is 6.66. The first-order valence-electron chi connectivity index (χ1n) is 11.1. The molecule has 0 radical (unpaired) electrons. The van der Waals surface area contributed by atoms with Crippen molar-refractivity contribution in [3.05, 3.63) is 29.3 Å². The van der Waals surface area contributed by atoms with Crippen LogP contribution >= 0.6 is 0 Å². The Kier molecular flexibility index (Phi) is 6.57. The van der Waals surface area contributed by atoms with Crippen LogP contribution in [0.25, 0.3) is 0 Å². The second-order valence-corrected chi connectivity index (χ2v) is 8.66. The van der Waals surface area contributed by atoms with E-state index in [4.69, 9.17) is 9.47 Å². The molecule has 1 saturated carbocycles. The number of hydrogen-bond acceptors (Lipinski definition) is 6. The standard InChI is InChI=1S/C23H31N3O5/c1-3-25(13-15-10-18(11-15)30-2)8-9-31-17-4-5-19-16(12-17)14-26(23(19)29)20-6-7-21(27)24-22(20)28/h4-5,12,15,18,20H,3,6-11,13-14H2,1-2H3,(H,24,27,28). The van der Waals surface area contributed by atoms with Crippen LogP contribution in [0.3, 0.4) is 0 Å². The van der Waals surface area contributed by atoms with Crippen molar-refractivity contribution in [1.82, 2.24) is 15.1 Å². The van der Waals surface area contributed by atoms with Crippen molar-refractivity contribution >= 4 is 17.7 Å². The molecule has 168 valence electrons. The SMILES string of the molecule is CCN(CCOc1ccc2c(c1)CN(C1CCC(=O)NC1=O)C2=O)CC1CC(OC)C1. The van der Waals surface area contributed by atoms with Crippen LogP contribution in [0.2, 0.25) is 0 Å². The molecule has 8 heteroatoms. The molecule has 0 aromatic heterocycles. The Hall–Kier alpha value is -2.45. The number of likely N-dealkylation sites (N-methyl/N-ethyl adjacent to an activating group) is 1. The number of benzene rings is 1. The average molecular weight is 430 g/mol. The predicted octanol–water partition coefficient (Wildman–Crippen LogP) is 1.57. The maximum absolute atomic E-state index is 12.8. The van der Waals surface area contributed by atoms with Gasteiger partial charge in [-0.15, -0.1) is 0 Å². The highest BCUT2D eigenvalue weighted by molar-refractivity contribution is 6.05. The van der Waals surface area contributed by atoms with E-state index in [-0.39, 0.29) is 18.2 Å². The highest BCUT2D eigenvalue weighted by Gasteiger charge is 2.39. The lowest BCUT2D eigenvalue weighted by Crippen LogP contribution is -2.52. The topological polar surface area (TPSA) is 88.2 Å². The summed E-state index contributed by atoms with van der Waals surface area (Å²) in [6.07, 6.45) is 3.32. The van der Waals surface area contributed by atoms with Gasteiger partial charge in [-0.1, -0.05) is 6.92 Å². The third-order valence-corrected chi connectivity index (χ3v) is 6.66. The van der Waals surface area contributed by atoms with Gasteiger partial charge in [-0.2, -0.15) is 0 Å². The first-order valence-corrected chi connectivity index (χ1v) is 11.1. The molecule has 3 amide bonds. The van der Waals surface area contributed by atoms with Crippen LogP contribution in [-0.4, -0.2) is 73.0 Å². The van der Waals surface area contributed by atoms with Gasteiger partial charge in [0.1, 0.15) is 18.4 Å². The van der Waals surface area contributed by atoms with Gasteiger partial charge >= 0.3 is 0 Å². The minimum absolute atomic E-state index is 0.164. The van der Waals surface area contributed by atoms with Gasteiger partial charge < -0.3 is 14.4 Å². The molecule has 8 nitrogen and oxygen atoms in total. The number of piperidine rings is 1. The Morgan fingerprint density at radius 3 is 2.74 bits per heavy atom. The summed E-state index contributed by atoms with van der Waals surface area (Å²) >= 11 is 0. The van der Waals surface area contributed by atoms with E-state index >= 15 is 0 Å². The molecule has 0 spiro atoms.